The minimum absolute atomic E-state index is 0.172. The lowest BCUT2D eigenvalue weighted by Crippen LogP contribution is -2.66. The van der Waals surface area contributed by atoms with E-state index in [2.05, 4.69) is 10.1 Å². The van der Waals surface area contributed by atoms with Crippen molar-refractivity contribution in [2.24, 2.45) is 11.5 Å². The zero-order valence-corrected chi connectivity index (χ0v) is 22.1. The average Bonchev–Trinajstić information content (AvgIpc) is 3.70. The summed E-state index contributed by atoms with van der Waals surface area (Å²) >= 11 is 0. The molecule has 1 aromatic heterocycles. The molecule has 3 unspecified atom stereocenters. The van der Waals surface area contributed by atoms with Crippen molar-refractivity contribution in [2.75, 3.05) is 25.0 Å². The van der Waals surface area contributed by atoms with Crippen molar-refractivity contribution < 1.29 is 12.8 Å². The Bertz CT molecular complexity index is 1500. The molecule has 1 saturated carbocycles. The lowest BCUT2D eigenvalue weighted by Gasteiger charge is -2.52. The summed E-state index contributed by atoms with van der Waals surface area (Å²) in [6.45, 7) is 2.19. The highest BCUT2D eigenvalue weighted by atomic mass is 32.2. The molecule has 3 aromatic rings. The van der Waals surface area contributed by atoms with Gasteiger partial charge in [-0.3, -0.25) is 10.6 Å². The zero-order valence-electron chi connectivity index (χ0n) is 21.3. The summed E-state index contributed by atoms with van der Waals surface area (Å²) in [4.78, 5) is 7.76. The van der Waals surface area contributed by atoms with Gasteiger partial charge in [-0.1, -0.05) is 30.3 Å². The molecule has 6 rings (SSSR count). The van der Waals surface area contributed by atoms with Crippen molar-refractivity contribution in [3.05, 3.63) is 83.3 Å². The Hall–Kier alpha value is -3.16. The Morgan fingerprint density at radius 1 is 1.08 bits per heavy atom. The average molecular weight is 539 g/mol. The quantitative estimate of drug-likeness (QED) is 0.504. The van der Waals surface area contributed by atoms with Crippen molar-refractivity contribution in [2.45, 2.75) is 43.4 Å². The largest absolute Gasteiger partial charge is 0.315 e. The van der Waals surface area contributed by atoms with Crippen molar-refractivity contribution in [1.82, 2.24) is 24.0 Å². The van der Waals surface area contributed by atoms with Gasteiger partial charge in [0.1, 0.15) is 24.1 Å². The van der Waals surface area contributed by atoms with Crippen LogP contribution < -0.4 is 16.4 Å². The Morgan fingerprint density at radius 2 is 1.82 bits per heavy atom. The molecule has 4 N–H and O–H groups in total. The molecule has 0 amide bonds. The number of hydrogen-bond donors (Lipinski definition) is 2. The standard InChI is InChI=1S/C26H31FN8O2S/c1-16-30-15-31-35(16)23-11-8-18(12-22(23)27)34-24-20(17-6-4-3-5-7-17)13-33(38(36,37)19-9-10-19)14-21(24)25(28)32(2)26(34)29/h3-8,11-12,15,19-20,25-26H,9-10,13-14,28-29H2,1-2H3. The van der Waals surface area contributed by atoms with Crippen LogP contribution in [-0.4, -0.2) is 70.2 Å². The van der Waals surface area contributed by atoms with Crippen LogP contribution >= 0.6 is 0 Å². The minimum Gasteiger partial charge on any atom is -0.315 e. The fraction of sp³-hybridized carbons (Fsp3) is 0.385. The van der Waals surface area contributed by atoms with Crippen molar-refractivity contribution in [1.29, 1.82) is 0 Å². The van der Waals surface area contributed by atoms with Crippen LogP contribution in [0.1, 0.15) is 30.1 Å². The second-order valence-electron chi connectivity index (χ2n) is 10.2. The van der Waals surface area contributed by atoms with Crippen LogP contribution in [0.4, 0.5) is 10.1 Å². The molecule has 0 spiro atoms. The topological polar surface area (TPSA) is 127 Å². The van der Waals surface area contributed by atoms with Gasteiger partial charge in [-0.05, 0) is 56.1 Å². The van der Waals surface area contributed by atoms with Gasteiger partial charge in [0, 0.05) is 30.4 Å². The van der Waals surface area contributed by atoms with Gasteiger partial charge in [0.05, 0.1) is 11.4 Å². The Kier molecular flexibility index (Phi) is 6.11. The Balaban J connectivity index is 1.50. The van der Waals surface area contributed by atoms with E-state index in [1.165, 1.54) is 17.1 Å². The number of nitrogens with two attached hydrogens (primary N) is 2. The van der Waals surface area contributed by atoms with Crippen LogP contribution in [0.5, 0.6) is 0 Å². The second kappa shape index (κ2) is 9.24. The van der Waals surface area contributed by atoms with E-state index in [9.17, 15) is 8.42 Å². The Morgan fingerprint density at radius 3 is 2.45 bits per heavy atom. The van der Waals surface area contributed by atoms with Gasteiger partial charge in [-0.2, -0.15) is 9.40 Å². The summed E-state index contributed by atoms with van der Waals surface area (Å²) < 4.78 is 45.3. The second-order valence-corrected chi connectivity index (χ2v) is 12.4. The summed E-state index contributed by atoms with van der Waals surface area (Å²) in [5.74, 6) is -0.247. The molecule has 2 aliphatic heterocycles. The third-order valence-corrected chi connectivity index (χ3v) is 10.1. The molecule has 0 bridgehead atoms. The molecule has 10 nitrogen and oxygen atoms in total. The van der Waals surface area contributed by atoms with E-state index >= 15 is 4.39 Å². The third kappa shape index (κ3) is 4.03. The van der Waals surface area contributed by atoms with E-state index in [1.54, 1.807) is 35.3 Å². The van der Waals surface area contributed by atoms with Gasteiger partial charge >= 0.3 is 0 Å². The smallest absolute Gasteiger partial charge is 0.217 e. The highest BCUT2D eigenvalue weighted by molar-refractivity contribution is 7.90. The summed E-state index contributed by atoms with van der Waals surface area (Å²) in [5.41, 5.74) is 16.8. The monoisotopic (exact) mass is 538 g/mol. The molecule has 38 heavy (non-hydrogen) atoms. The summed E-state index contributed by atoms with van der Waals surface area (Å²) in [7, 11) is -1.67. The molecule has 3 heterocycles. The molecule has 200 valence electrons. The zero-order chi connectivity index (χ0) is 26.8. The van der Waals surface area contributed by atoms with Gasteiger partial charge in [-0.25, -0.2) is 22.5 Å². The predicted octanol–water partition coefficient (Wildman–Crippen LogP) is 1.84. The molecule has 12 heteroatoms. The van der Waals surface area contributed by atoms with Gasteiger partial charge in [0.15, 0.2) is 5.82 Å². The van der Waals surface area contributed by atoms with Crippen LogP contribution in [0.3, 0.4) is 0 Å². The molecule has 3 atom stereocenters. The molecule has 1 aliphatic carbocycles. The van der Waals surface area contributed by atoms with E-state index < -0.39 is 28.3 Å². The highest BCUT2D eigenvalue weighted by Crippen LogP contribution is 2.44. The molecule has 2 aromatic carbocycles. The minimum atomic E-state index is -3.46. The van der Waals surface area contributed by atoms with Crippen molar-refractivity contribution >= 4 is 15.7 Å². The fourth-order valence-electron chi connectivity index (χ4n) is 5.52. The number of likely N-dealkylation sites (N-methyl/N-ethyl adjacent to an activating group) is 1. The number of anilines is 1. The van der Waals surface area contributed by atoms with Gasteiger partial charge in [-0.15, -0.1) is 0 Å². The number of sulfonamides is 1. The Labute approximate surface area is 221 Å². The lowest BCUT2D eigenvalue weighted by atomic mass is 9.86. The fourth-order valence-corrected chi connectivity index (χ4v) is 7.35. The first kappa shape index (κ1) is 25.1. The van der Waals surface area contributed by atoms with Crippen LogP contribution in [0, 0.1) is 12.7 Å². The molecular formula is C26H31FN8O2S. The first-order chi connectivity index (χ1) is 18.2. The third-order valence-electron chi connectivity index (χ3n) is 7.79. The first-order valence-corrected chi connectivity index (χ1v) is 14.1. The number of aryl methyl sites for hydroxylation is 1. The van der Waals surface area contributed by atoms with Gasteiger partial charge in [0.2, 0.25) is 10.0 Å². The van der Waals surface area contributed by atoms with Crippen LogP contribution in [0.2, 0.25) is 0 Å². The predicted molar refractivity (Wildman–Crippen MR) is 142 cm³/mol. The van der Waals surface area contributed by atoms with E-state index in [4.69, 9.17) is 11.5 Å². The summed E-state index contributed by atoms with van der Waals surface area (Å²) in [6.07, 6.45) is 1.45. The lowest BCUT2D eigenvalue weighted by molar-refractivity contribution is 0.167. The number of hydrogen-bond acceptors (Lipinski definition) is 8. The van der Waals surface area contributed by atoms with E-state index in [0.29, 0.717) is 24.4 Å². The molecule has 0 saturated heterocycles. The molecular weight excluding hydrogens is 507 g/mol. The number of halogens is 1. The molecule has 1 fully saturated rings. The van der Waals surface area contributed by atoms with Crippen molar-refractivity contribution in [3.8, 4) is 5.69 Å². The maximum Gasteiger partial charge on any atom is 0.217 e. The normalized spacial score (nSPS) is 25.1. The van der Waals surface area contributed by atoms with E-state index in [-0.39, 0.29) is 29.9 Å². The van der Waals surface area contributed by atoms with Crippen LogP contribution in [0.15, 0.2) is 66.1 Å². The number of nitrogens with zero attached hydrogens (tertiary/aromatic N) is 6. The van der Waals surface area contributed by atoms with Crippen LogP contribution in [-0.2, 0) is 10.0 Å². The number of benzene rings is 2. The maximum atomic E-state index is 15.5. The highest BCUT2D eigenvalue weighted by Gasteiger charge is 2.48. The number of rotatable bonds is 5. The SMILES string of the molecule is Cc1ncnn1-c1ccc(N2C3=C(CN(S(=O)(=O)C4CC4)CC3c3ccccc3)C(N)N(C)C2N)cc1F. The molecule has 0 radical (unpaired) electrons. The van der Waals surface area contributed by atoms with Gasteiger partial charge in [0.25, 0.3) is 0 Å². The summed E-state index contributed by atoms with van der Waals surface area (Å²) in [6, 6.07) is 14.6. The molecule has 3 aliphatic rings. The van der Waals surface area contributed by atoms with E-state index in [0.717, 1.165) is 16.8 Å². The van der Waals surface area contributed by atoms with Crippen LogP contribution in [0.25, 0.3) is 5.69 Å². The number of aromatic nitrogens is 3. The summed E-state index contributed by atoms with van der Waals surface area (Å²) in [5, 5.41) is 3.79. The van der Waals surface area contributed by atoms with Gasteiger partial charge < -0.3 is 10.6 Å². The maximum absolute atomic E-state index is 15.5. The first-order valence-electron chi connectivity index (χ1n) is 12.6. The van der Waals surface area contributed by atoms with Crippen molar-refractivity contribution in [3.63, 3.8) is 0 Å². The van der Waals surface area contributed by atoms with E-state index in [1.807, 2.05) is 35.2 Å².